The van der Waals surface area contributed by atoms with E-state index in [9.17, 15) is 0 Å². The van der Waals surface area contributed by atoms with Crippen molar-refractivity contribution >= 4 is 0 Å². The van der Waals surface area contributed by atoms with E-state index in [2.05, 4.69) is 15.7 Å². The van der Waals surface area contributed by atoms with Crippen molar-refractivity contribution < 1.29 is 0 Å². The van der Waals surface area contributed by atoms with Gasteiger partial charge in [-0.05, 0) is 42.7 Å². The maximum absolute atomic E-state index is 5.89. The van der Waals surface area contributed by atoms with Gasteiger partial charge >= 0.3 is 0 Å². The van der Waals surface area contributed by atoms with Crippen LogP contribution < -0.4 is 11.3 Å². The molecule has 2 fully saturated rings. The van der Waals surface area contributed by atoms with Gasteiger partial charge in [-0.15, -0.1) is 5.10 Å². The predicted molar refractivity (Wildman–Crippen MR) is 80.4 cm³/mol. The standard InChI is InChI=1S/C16H21N5/c17-19-16(15-12-8-4-5-9-13(12)15)14-10-18-20-21(14)11-6-2-1-3-7-11/h1-3,6-7,10,12-13,15-16,19H,4-5,8-9,17H2. The predicted octanol–water partition coefficient (Wildman–Crippen LogP) is 2.21. The minimum atomic E-state index is 0.147. The molecule has 0 bridgehead atoms. The van der Waals surface area contributed by atoms with Gasteiger partial charge in [0.2, 0.25) is 0 Å². The van der Waals surface area contributed by atoms with E-state index in [4.69, 9.17) is 5.84 Å². The smallest absolute Gasteiger partial charge is 0.0831 e. The number of hydrazine groups is 1. The highest BCUT2D eigenvalue weighted by atomic mass is 15.4. The van der Waals surface area contributed by atoms with Crippen molar-refractivity contribution in [2.45, 2.75) is 31.7 Å². The molecule has 3 atom stereocenters. The van der Waals surface area contributed by atoms with Crippen LogP contribution in [0.15, 0.2) is 36.5 Å². The van der Waals surface area contributed by atoms with E-state index in [0.717, 1.165) is 23.2 Å². The first-order valence-electron chi connectivity index (χ1n) is 7.82. The summed E-state index contributed by atoms with van der Waals surface area (Å²) in [6.07, 6.45) is 7.28. The molecule has 3 unspecified atom stereocenters. The zero-order chi connectivity index (χ0) is 14.2. The Morgan fingerprint density at radius 3 is 2.52 bits per heavy atom. The van der Waals surface area contributed by atoms with Crippen molar-refractivity contribution in [1.82, 2.24) is 20.4 Å². The summed E-state index contributed by atoms with van der Waals surface area (Å²) in [5, 5.41) is 8.37. The van der Waals surface area contributed by atoms with Crippen molar-refractivity contribution in [3.05, 3.63) is 42.2 Å². The quantitative estimate of drug-likeness (QED) is 0.667. The van der Waals surface area contributed by atoms with E-state index in [-0.39, 0.29) is 6.04 Å². The van der Waals surface area contributed by atoms with Crippen LogP contribution in [0.1, 0.15) is 37.4 Å². The van der Waals surface area contributed by atoms with E-state index in [1.165, 1.54) is 25.7 Å². The van der Waals surface area contributed by atoms with Gasteiger partial charge in [0.05, 0.1) is 23.6 Å². The Hall–Kier alpha value is -1.72. The van der Waals surface area contributed by atoms with E-state index >= 15 is 0 Å². The molecule has 0 aliphatic heterocycles. The highest BCUT2D eigenvalue weighted by Crippen LogP contribution is 2.60. The summed E-state index contributed by atoms with van der Waals surface area (Å²) in [4.78, 5) is 0. The molecule has 0 radical (unpaired) electrons. The fourth-order valence-corrected chi connectivity index (χ4v) is 4.16. The fraction of sp³-hybridized carbons (Fsp3) is 0.500. The first-order chi connectivity index (χ1) is 10.4. The maximum Gasteiger partial charge on any atom is 0.0831 e. The monoisotopic (exact) mass is 283 g/mol. The Kier molecular flexibility index (Phi) is 3.24. The van der Waals surface area contributed by atoms with Gasteiger partial charge in [0, 0.05) is 0 Å². The number of nitrogens with two attached hydrogens (primary N) is 1. The molecule has 1 heterocycles. The van der Waals surface area contributed by atoms with Crippen LogP contribution in [0.25, 0.3) is 5.69 Å². The Balaban J connectivity index is 1.65. The van der Waals surface area contributed by atoms with Gasteiger partial charge in [-0.2, -0.15) is 0 Å². The second-order valence-electron chi connectivity index (χ2n) is 6.24. The number of benzene rings is 1. The molecule has 4 rings (SSSR count). The summed E-state index contributed by atoms with van der Waals surface area (Å²) < 4.78 is 1.91. The van der Waals surface area contributed by atoms with E-state index in [1.54, 1.807) is 0 Å². The minimum Gasteiger partial charge on any atom is -0.271 e. The Morgan fingerprint density at radius 2 is 1.86 bits per heavy atom. The van der Waals surface area contributed by atoms with Crippen molar-refractivity contribution in [1.29, 1.82) is 0 Å². The molecule has 2 aliphatic carbocycles. The Labute approximate surface area is 124 Å². The highest BCUT2D eigenvalue weighted by Gasteiger charge is 2.55. The lowest BCUT2D eigenvalue weighted by molar-refractivity contribution is 0.437. The van der Waals surface area contributed by atoms with Crippen molar-refractivity contribution in [3.8, 4) is 5.69 Å². The molecule has 1 aromatic heterocycles. The molecule has 1 aromatic carbocycles. The summed E-state index contributed by atoms with van der Waals surface area (Å²) in [6.45, 7) is 0. The first kappa shape index (κ1) is 13.0. The number of rotatable bonds is 4. The van der Waals surface area contributed by atoms with Crippen LogP contribution in [0.4, 0.5) is 0 Å². The van der Waals surface area contributed by atoms with E-state index < -0.39 is 0 Å². The van der Waals surface area contributed by atoms with Crippen molar-refractivity contribution in [3.63, 3.8) is 0 Å². The normalized spacial score (nSPS) is 28.9. The number of nitrogens with zero attached hydrogens (tertiary/aromatic N) is 3. The summed E-state index contributed by atoms with van der Waals surface area (Å²) in [6, 6.07) is 10.3. The lowest BCUT2D eigenvalue weighted by atomic mass is 10.0. The van der Waals surface area contributed by atoms with Gasteiger partial charge in [-0.1, -0.05) is 36.3 Å². The van der Waals surface area contributed by atoms with Crippen LogP contribution in [-0.2, 0) is 0 Å². The number of hydrogen-bond acceptors (Lipinski definition) is 4. The molecule has 2 aliphatic rings. The molecular formula is C16H21N5. The fourth-order valence-electron chi connectivity index (χ4n) is 4.16. The van der Waals surface area contributed by atoms with E-state index in [0.29, 0.717) is 5.92 Å². The molecule has 5 heteroatoms. The minimum absolute atomic E-state index is 0.147. The molecule has 0 amide bonds. The van der Waals surface area contributed by atoms with Gasteiger partial charge in [-0.3, -0.25) is 11.3 Å². The molecular weight excluding hydrogens is 262 g/mol. The lowest BCUT2D eigenvalue weighted by Gasteiger charge is -2.17. The number of nitrogens with one attached hydrogen (secondary N) is 1. The number of aromatic nitrogens is 3. The van der Waals surface area contributed by atoms with Crippen molar-refractivity contribution in [2.75, 3.05) is 0 Å². The summed E-state index contributed by atoms with van der Waals surface area (Å²) >= 11 is 0. The summed E-state index contributed by atoms with van der Waals surface area (Å²) in [5.74, 6) is 8.19. The number of para-hydroxylation sites is 1. The maximum atomic E-state index is 5.89. The molecule has 0 spiro atoms. The average Bonchev–Trinajstić information content (AvgIpc) is 3.05. The Bertz CT molecular complexity index is 596. The molecule has 5 nitrogen and oxygen atoms in total. The van der Waals surface area contributed by atoms with Crippen LogP contribution in [-0.4, -0.2) is 15.0 Å². The lowest BCUT2D eigenvalue weighted by Crippen LogP contribution is -2.32. The van der Waals surface area contributed by atoms with Crippen LogP contribution in [0.3, 0.4) is 0 Å². The molecule has 0 saturated heterocycles. The third kappa shape index (κ3) is 2.17. The summed E-state index contributed by atoms with van der Waals surface area (Å²) in [5.41, 5.74) is 5.14. The van der Waals surface area contributed by atoms with Crippen LogP contribution in [0.2, 0.25) is 0 Å². The van der Waals surface area contributed by atoms with Crippen LogP contribution in [0.5, 0.6) is 0 Å². The van der Waals surface area contributed by atoms with Gasteiger partial charge in [0.1, 0.15) is 0 Å². The number of hydrogen-bond donors (Lipinski definition) is 2. The molecule has 21 heavy (non-hydrogen) atoms. The Morgan fingerprint density at radius 1 is 1.14 bits per heavy atom. The third-order valence-electron chi connectivity index (χ3n) is 5.18. The number of fused-ring (bicyclic) bond motifs is 1. The average molecular weight is 283 g/mol. The topological polar surface area (TPSA) is 68.8 Å². The van der Waals surface area contributed by atoms with Crippen molar-refractivity contribution in [2.24, 2.45) is 23.6 Å². The van der Waals surface area contributed by atoms with Gasteiger partial charge < -0.3 is 0 Å². The molecule has 2 saturated carbocycles. The van der Waals surface area contributed by atoms with Crippen LogP contribution >= 0.6 is 0 Å². The van der Waals surface area contributed by atoms with Crippen LogP contribution in [0, 0.1) is 17.8 Å². The first-order valence-corrected chi connectivity index (χ1v) is 7.82. The van der Waals surface area contributed by atoms with Gasteiger partial charge in [0.15, 0.2) is 0 Å². The van der Waals surface area contributed by atoms with Gasteiger partial charge in [-0.25, -0.2) is 4.68 Å². The molecule has 3 N–H and O–H groups in total. The highest BCUT2D eigenvalue weighted by molar-refractivity contribution is 5.33. The SMILES string of the molecule is NNC(c1cnnn1-c1ccccc1)C1C2CCCCC21. The molecule has 2 aromatic rings. The second kappa shape index (κ2) is 5.24. The zero-order valence-electron chi connectivity index (χ0n) is 12.0. The zero-order valence-corrected chi connectivity index (χ0v) is 12.0. The van der Waals surface area contributed by atoms with Gasteiger partial charge in [0.25, 0.3) is 0 Å². The third-order valence-corrected chi connectivity index (χ3v) is 5.18. The van der Waals surface area contributed by atoms with E-state index in [1.807, 2.05) is 41.2 Å². The second-order valence-corrected chi connectivity index (χ2v) is 6.24. The molecule has 110 valence electrons. The summed E-state index contributed by atoms with van der Waals surface area (Å²) in [7, 11) is 0. The largest absolute Gasteiger partial charge is 0.271 e.